The summed E-state index contributed by atoms with van der Waals surface area (Å²) >= 11 is 0. The van der Waals surface area contributed by atoms with Crippen LogP contribution < -0.4 is 10.2 Å². The molecule has 0 aliphatic carbocycles. The Hall–Kier alpha value is -1.89. The highest BCUT2D eigenvalue weighted by molar-refractivity contribution is 5.50. The second kappa shape index (κ2) is 7.78. The minimum atomic E-state index is 0.652. The van der Waals surface area contributed by atoms with Crippen molar-refractivity contribution in [3.8, 4) is 0 Å². The van der Waals surface area contributed by atoms with Crippen molar-refractivity contribution < 1.29 is 9.53 Å². The van der Waals surface area contributed by atoms with Gasteiger partial charge in [0.05, 0.1) is 0 Å². The number of aryl methyl sites for hydroxylation is 1. The van der Waals surface area contributed by atoms with Gasteiger partial charge in [0, 0.05) is 58.2 Å². The summed E-state index contributed by atoms with van der Waals surface area (Å²) in [6.45, 7) is 6.56. The van der Waals surface area contributed by atoms with Gasteiger partial charge in [-0.2, -0.15) is 4.98 Å². The topological polar surface area (TPSA) is 70.6 Å². The predicted molar refractivity (Wildman–Crippen MR) is 81.6 cm³/mol. The fourth-order valence-electron chi connectivity index (χ4n) is 2.27. The molecule has 1 aliphatic heterocycles. The van der Waals surface area contributed by atoms with Crippen LogP contribution in [0.3, 0.4) is 0 Å². The van der Waals surface area contributed by atoms with Crippen LogP contribution in [-0.4, -0.2) is 67.7 Å². The Morgan fingerprint density at radius 2 is 2.10 bits per heavy atom. The number of methoxy groups -OCH3 is 1. The molecule has 1 fully saturated rings. The molecule has 21 heavy (non-hydrogen) atoms. The average Bonchev–Trinajstić information content (AvgIpc) is 2.51. The van der Waals surface area contributed by atoms with E-state index >= 15 is 0 Å². The lowest BCUT2D eigenvalue weighted by molar-refractivity contribution is -0.118. The Bertz CT molecular complexity index is 461. The van der Waals surface area contributed by atoms with E-state index in [4.69, 9.17) is 4.74 Å². The van der Waals surface area contributed by atoms with E-state index in [1.807, 2.05) is 13.0 Å². The molecule has 1 aromatic rings. The molecule has 2 heterocycles. The number of amides is 1. The molecule has 7 nitrogen and oxygen atoms in total. The molecule has 2 rings (SSSR count). The Morgan fingerprint density at radius 1 is 1.33 bits per heavy atom. The number of anilines is 2. The number of nitrogens with zero attached hydrogens (tertiary/aromatic N) is 4. The van der Waals surface area contributed by atoms with Gasteiger partial charge in [-0.15, -0.1) is 0 Å². The molecule has 1 aromatic heterocycles. The van der Waals surface area contributed by atoms with Gasteiger partial charge in [-0.25, -0.2) is 4.98 Å². The summed E-state index contributed by atoms with van der Waals surface area (Å²) in [5.74, 6) is 1.57. The molecular weight excluding hydrogens is 270 g/mol. The first-order valence-electron chi connectivity index (χ1n) is 7.25. The number of aromatic nitrogens is 2. The van der Waals surface area contributed by atoms with E-state index in [1.165, 1.54) is 0 Å². The van der Waals surface area contributed by atoms with E-state index < -0.39 is 0 Å². The summed E-state index contributed by atoms with van der Waals surface area (Å²) in [5, 5.41) is 3.22. The van der Waals surface area contributed by atoms with Crippen LogP contribution in [0.1, 0.15) is 12.1 Å². The third kappa shape index (κ3) is 4.56. The second-order valence-electron chi connectivity index (χ2n) is 5.09. The zero-order valence-electron chi connectivity index (χ0n) is 12.7. The first-order chi connectivity index (χ1) is 10.2. The molecule has 1 saturated heterocycles. The number of nitrogens with one attached hydrogen (secondary N) is 1. The van der Waals surface area contributed by atoms with Crippen LogP contribution >= 0.6 is 0 Å². The molecule has 0 saturated carbocycles. The van der Waals surface area contributed by atoms with Crippen molar-refractivity contribution in [1.29, 1.82) is 0 Å². The smallest absolute Gasteiger partial charge is 0.224 e. The highest BCUT2D eigenvalue weighted by Crippen LogP contribution is 2.16. The molecule has 0 atom stereocenters. The SMILES string of the molecule is COCCCNc1nc(C)cc(N2CCN(C=O)CC2)n1. The summed E-state index contributed by atoms with van der Waals surface area (Å²) in [6, 6.07) is 1.98. The number of rotatable bonds is 7. The summed E-state index contributed by atoms with van der Waals surface area (Å²) in [6.07, 6.45) is 1.83. The molecule has 0 spiro atoms. The summed E-state index contributed by atoms with van der Waals surface area (Å²) < 4.78 is 5.02. The van der Waals surface area contributed by atoms with E-state index in [1.54, 1.807) is 12.0 Å². The molecular formula is C14H23N5O2. The minimum Gasteiger partial charge on any atom is -0.385 e. The largest absolute Gasteiger partial charge is 0.385 e. The third-order valence-corrected chi connectivity index (χ3v) is 3.44. The fraction of sp³-hybridized carbons (Fsp3) is 0.643. The van der Waals surface area contributed by atoms with Crippen LogP contribution in [0.5, 0.6) is 0 Å². The normalized spacial score (nSPS) is 15.1. The zero-order chi connectivity index (χ0) is 15.1. The minimum absolute atomic E-state index is 0.652. The Labute approximate surface area is 125 Å². The van der Waals surface area contributed by atoms with Gasteiger partial charge in [0.15, 0.2) is 0 Å². The van der Waals surface area contributed by atoms with E-state index in [-0.39, 0.29) is 0 Å². The number of ether oxygens (including phenoxy) is 1. The second-order valence-corrected chi connectivity index (χ2v) is 5.09. The van der Waals surface area contributed by atoms with Gasteiger partial charge in [-0.05, 0) is 13.3 Å². The first kappa shape index (κ1) is 15.5. The molecule has 116 valence electrons. The number of hydrogen-bond donors (Lipinski definition) is 1. The maximum Gasteiger partial charge on any atom is 0.224 e. The van der Waals surface area contributed by atoms with Crippen LogP contribution in [0.25, 0.3) is 0 Å². The first-order valence-corrected chi connectivity index (χ1v) is 7.25. The van der Waals surface area contributed by atoms with Crippen LogP contribution in [-0.2, 0) is 9.53 Å². The highest BCUT2D eigenvalue weighted by Gasteiger charge is 2.17. The van der Waals surface area contributed by atoms with Crippen molar-refractivity contribution in [2.45, 2.75) is 13.3 Å². The fourth-order valence-corrected chi connectivity index (χ4v) is 2.27. The predicted octanol–water partition coefficient (Wildman–Crippen LogP) is 0.512. The van der Waals surface area contributed by atoms with Crippen molar-refractivity contribution in [3.63, 3.8) is 0 Å². The number of hydrogen-bond acceptors (Lipinski definition) is 6. The van der Waals surface area contributed by atoms with Crippen LogP contribution in [0.4, 0.5) is 11.8 Å². The molecule has 7 heteroatoms. The summed E-state index contributed by atoms with van der Waals surface area (Å²) in [5.41, 5.74) is 0.937. The quantitative estimate of drug-likeness (QED) is 0.583. The van der Waals surface area contributed by atoms with E-state index in [0.29, 0.717) is 5.95 Å². The highest BCUT2D eigenvalue weighted by atomic mass is 16.5. The van der Waals surface area contributed by atoms with Gasteiger partial charge in [-0.3, -0.25) is 4.79 Å². The lowest BCUT2D eigenvalue weighted by Gasteiger charge is -2.33. The molecule has 0 aromatic carbocycles. The van der Waals surface area contributed by atoms with Crippen molar-refractivity contribution in [2.75, 3.05) is 56.7 Å². The Balaban J connectivity index is 1.96. The van der Waals surface area contributed by atoms with E-state index in [0.717, 1.165) is 63.7 Å². The van der Waals surface area contributed by atoms with E-state index in [2.05, 4.69) is 20.2 Å². The van der Waals surface area contributed by atoms with Crippen LogP contribution in [0.2, 0.25) is 0 Å². The molecule has 1 aliphatic rings. The standard InChI is InChI=1S/C14H23N5O2/c1-12-10-13(19-7-5-18(11-20)6-8-19)17-14(16-12)15-4-3-9-21-2/h10-11H,3-9H2,1-2H3,(H,15,16,17). The van der Waals surface area contributed by atoms with Gasteiger partial charge in [0.1, 0.15) is 5.82 Å². The maximum atomic E-state index is 10.7. The van der Waals surface area contributed by atoms with Gasteiger partial charge >= 0.3 is 0 Å². The maximum absolute atomic E-state index is 10.7. The number of carbonyl (C=O) groups excluding carboxylic acids is 1. The van der Waals surface area contributed by atoms with Gasteiger partial charge in [-0.1, -0.05) is 0 Å². The number of carbonyl (C=O) groups is 1. The molecule has 1 amide bonds. The molecule has 0 radical (unpaired) electrons. The van der Waals surface area contributed by atoms with Crippen LogP contribution in [0.15, 0.2) is 6.07 Å². The lowest BCUT2D eigenvalue weighted by Crippen LogP contribution is -2.46. The summed E-state index contributed by atoms with van der Waals surface area (Å²) in [4.78, 5) is 23.7. The van der Waals surface area contributed by atoms with Crippen LogP contribution in [0, 0.1) is 6.92 Å². The average molecular weight is 293 g/mol. The monoisotopic (exact) mass is 293 g/mol. The van der Waals surface area contributed by atoms with Gasteiger partial charge in [0.25, 0.3) is 0 Å². The zero-order valence-corrected chi connectivity index (χ0v) is 12.7. The Kier molecular flexibility index (Phi) is 5.74. The van der Waals surface area contributed by atoms with E-state index in [9.17, 15) is 4.79 Å². The molecule has 0 unspecified atom stereocenters. The van der Waals surface area contributed by atoms with Gasteiger partial charge < -0.3 is 19.9 Å². The summed E-state index contributed by atoms with van der Waals surface area (Å²) in [7, 11) is 1.69. The van der Waals surface area contributed by atoms with Crippen molar-refractivity contribution in [1.82, 2.24) is 14.9 Å². The molecule has 0 bridgehead atoms. The van der Waals surface area contributed by atoms with Gasteiger partial charge in [0.2, 0.25) is 12.4 Å². The Morgan fingerprint density at radius 3 is 2.76 bits per heavy atom. The van der Waals surface area contributed by atoms with Crippen molar-refractivity contribution >= 4 is 18.2 Å². The van der Waals surface area contributed by atoms with Crippen molar-refractivity contribution in [3.05, 3.63) is 11.8 Å². The molecule has 1 N–H and O–H groups in total. The third-order valence-electron chi connectivity index (χ3n) is 3.44. The number of piperazine rings is 1. The van der Waals surface area contributed by atoms with Crippen molar-refractivity contribution in [2.24, 2.45) is 0 Å². The lowest BCUT2D eigenvalue weighted by atomic mass is 10.3.